The molecule has 23 heteroatoms. The van der Waals surface area contributed by atoms with Crippen LogP contribution in [-0.4, -0.2) is 198 Å². The molecule has 7 unspecified atom stereocenters. The van der Waals surface area contributed by atoms with Gasteiger partial charge in [0.15, 0.2) is 0 Å². The molecule has 1 aromatic rings. The third kappa shape index (κ3) is 21.7. The normalized spacial score (nSPS) is 15.9. The number of rotatable bonds is 34. The van der Waals surface area contributed by atoms with E-state index in [9.17, 15) is 33.6 Å². The fraction of sp³-hybridized carbons (Fsp3) is 0.708. The minimum atomic E-state index is -1.04. The molecule has 6 N–H and O–H groups in total. The van der Waals surface area contributed by atoms with Crippen LogP contribution in [0.1, 0.15) is 72.3 Å². The van der Waals surface area contributed by atoms with Crippen LogP contribution in [0.5, 0.6) is 0 Å². The predicted octanol–water partition coefficient (Wildman–Crippen LogP) is 1.99. The van der Waals surface area contributed by atoms with Crippen molar-refractivity contribution in [2.24, 2.45) is 17.8 Å². The molecular formula is C48H80N8O14S. The van der Waals surface area contributed by atoms with Crippen LogP contribution in [0.4, 0.5) is 10.5 Å². The van der Waals surface area contributed by atoms with Gasteiger partial charge in [0.1, 0.15) is 25.9 Å². The molecule has 0 spiro atoms. The van der Waals surface area contributed by atoms with E-state index < -0.39 is 48.2 Å². The maximum Gasteiger partial charge on any atom is 0.409 e. The van der Waals surface area contributed by atoms with Crippen molar-refractivity contribution in [3.8, 4) is 0 Å². The average molecular weight is 1030 g/mol. The Morgan fingerprint density at radius 1 is 0.831 bits per heavy atom. The highest BCUT2D eigenvalue weighted by Gasteiger charge is 2.41. The molecule has 1 heterocycles. The monoisotopic (exact) mass is 1020 g/mol. The molecule has 0 radical (unpaired) electrons. The molecule has 1 saturated heterocycles. The summed E-state index contributed by atoms with van der Waals surface area (Å²) in [5.41, 5.74) is 1.37. The summed E-state index contributed by atoms with van der Waals surface area (Å²) >= 11 is 5.47. The van der Waals surface area contributed by atoms with E-state index in [0.717, 1.165) is 12.0 Å². The van der Waals surface area contributed by atoms with Gasteiger partial charge in [-0.2, -0.15) is 0 Å². The number of anilines is 1. The number of nitrogens with one attached hydrogen (secondary N) is 5. The largest absolute Gasteiger partial charge is 0.480 e. The Labute approximate surface area is 424 Å². The maximum absolute atomic E-state index is 14.0. The molecule has 1 fully saturated rings. The Morgan fingerprint density at radius 3 is 2.07 bits per heavy atom. The van der Waals surface area contributed by atoms with E-state index in [-0.39, 0.29) is 120 Å². The van der Waals surface area contributed by atoms with Gasteiger partial charge in [0, 0.05) is 46.5 Å². The van der Waals surface area contributed by atoms with Crippen LogP contribution in [0.3, 0.4) is 0 Å². The van der Waals surface area contributed by atoms with E-state index in [4.69, 9.17) is 45.7 Å². The molecule has 22 nitrogen and oxygen atoms in total. The lowest BCUT2D eigenvalue weighted by atomic mass is 9.90. The Bertz CT molecular complexity index is 1850. The zero-order valence-corrected chi connectivity index (χ0v) is 44.1. The number of thiocarbonyl (C=S) groups is 1. The number of carboxylic acid groups (broad SMARTS) is 1. The molecule has 6 amide bonds. The fourth-order valence-corrected chi connectivity index (χ4v) is 8.54. The number of hydrogen-bond acceptors (Lipinski definition) is 15. The summed E-state index contributed by atoms with van der Waals surface area (Å²) in [7, 11) is 7.90. The minimum Gasteiger partial charge on any atom is -0.480 e. The van der Waals surface area contributed by atoms with Crippen LogP contribution in [0.15, 0.2) is 24.3 Å². The van der Waals surface area contributed by atoms with E-state index in [1.54, 1.807) is 50.4 Å². The number of likely N-dealkylation sites (N-methyl/N-ethyl adjacent to an activating group) is 3. The predicted molar refractivity (Wildman–Crippen MR) is 268 cm³/mol. The minimum absolute atomic E-state index is 0.00844. The van der Waals surface area contributed by atoms with Gasteiger partial charge in [0.25, 0.3) is 0 Å². The molecule has 71 heavy (non-hydrogen) atoms. The number of amides is 6. The smallest absolute Gasteiger partial charge is 0.409 e. The molecule has 1 aliphatic heterocycles. The van der Waals surface area contributed by atoms with Crippen LogP contribution < -0.4 is 26.6 Å². The van der Waals surface area contributed by atoms with Gasteiger partial charge in [-0.25, -0.2) is 4.79 Å². The maximum atomic E-state index is 14.0. The van der Waals surface area contributed by atoms with E-state index >= 15 is 0 Å². The molecule has 0 aliphatic carbocycles. The van der Waals surface area contributed by atoms with Gasteiger partial charge in [-0.3, -0.25) is 34.1 Å². The van der Waals surface area contributed by atoms with Crippen molar-refractivity contribution in [3.05, 3.63) is 29.8 Å². The van der Waals surface area contributed by atoms with Gasteiger partial charge in [-0.15, -0.1) is 0 Å². The van der Waals surface area contributed by atoms with Crippen molar-refractivity contribution < 1.29 is 67.1 Å². The quantitative estimate of drug-likeness (QED) is 0.0328. The zero-order chi connectivity index (χ0) is 53.0. The van der Waals surface area contributed by atoms with Crippen molar-refractivity contribution in [3.63, 3.8) is 0 Å². The lowest BCUT2D eigenvalue weighted by molar-refractivity contribution is -0.145. The summed E-state index contributed by atoms with van der Waals surface area (Å²) in [4.78, 5) is 94.3. The lowest BCUT2D eigenvalue weighted by Gasteiger charge is -2.39. The molecule has 7 atom stereocenters. The van der Waals surface area contributed by atoms with Gasteiger partial charge in [-0.1, -0.05) is 65.4 Å². The zero-order valence-electron chi connectivity index (χ0n) is 43.2. The second-order valence-corrected chi connectivity index (χ2v) is 18.2. The Morgan fingerprint density at radius 2 is 1.48 bits per heavy atom. The number of nitrogens with zero attached hydrogens (tertiary/aromatic N) is 3. The standard InChI is InChI=1S/C48H80N8O14S/c1-11-32(4)44(37(65-9)25-40(59)56-19-12-13-36(56)45(66-10)33(5)47(71)51-28-42(61)62)55(8)41(60)27-50-46(63)43(31(2)3)54(7)39(58)18-20-67-21-22-68-23-24-69-30-52-48(64)70-29-34-14-16-35(17-15-34)53-38(57)26-49-6/h14-17,31-33,36-37,43-45,49H,11-13,18-30H2,1-10H3,(H,50,63)(H,51,71)(H,52,64)(H,53,57)(H,61,62). The fourth-order valence-electron chi connectivity index (χ4n) is 8.33. The van der Waals surface area contributed by atoms with Gasteiger partial charge in [-0.05, 0) is 49.4 Å². The summed E-state index contributed by atoms with van der Waals surface area (Å²) in [5.74, 6) is -3.34. The third-order valence-corrected chi connectivity index (χ3v) is 12.8. The number of carboxylic acids is 1. The van der Waals surface area contributed by atoms with Crippen molar-refractivity contribution in [2.45, 2.75) is 104 Å². The molecule has 0 aromatic heterocycles. The van der Waals surface area contributed by atoms with Crippen molar-refractivity contribution in [2.75, 3.05) is 107 Å². The third-order valence-electron chi connectivity index (χ3n) is 12.3. The molecule has 2 rings (SSSR count). The van der Waals surface area contributed by atoms with Gasteiger partial charge >= 0.3 is 12.1 Å². The molecule has 0 saturated carbocycles. The number of carbonyl (C=O) groups is 7. The average Bonchev–Trinajstić information content (AvgIpc) is 3.83. The highest BCUT2D eigenvalue weighted by atomic mass is 32.1. The lowest BCUT2D eigenvalue weighted by Crippen LogP contribution is -2.55. The molecular weight excluding hydrogens is 945 g/mol. The number of alkyl carbamates (subject to hydrolysis) is 1. The van der Waals surface area contributed by atoms with Crippen LogP contribution in [0.2, 0.25) is 0 Å². The summed E-state index contributed by atoms with van der Waals surface area (Å²) in [6, 6.07) is 5.21. The SMILES string of the molecule is CCC(C)C(C(CC(=O)N1CCCC1C(OC)C(C)C(=S)NCC(=O)O)OC)N(C)C(=O)CNC(=O)C(C(C)C)N(C)C(=O)CCOCCOCCOCNC(=O)OCc1ccc(NC(=O)CNC)cc1. The summed E-state index contributed by atoms with van der Waals surface area (Å²) in [6.07, 6.45) is 0.259. The van der Waals surface area contributed by atoms with Crippen LogP contribution in [-0.2, 0) is 63.8 Å². The number of benzene rings is 1. The van der Waals surface area contributed by atoms with Crippen molar-refractivity contribution >= 4 is 64.5 Å². The number of likely N-dealkylation sites (tertiary alicyclic amines) is 1. The first kappa shape index (κ1) is 62.1. The summed E-state index contributed by atoms with van der Waals surface area (Å²) in [6.45, 7) is 10.4. The van der Waals surface area contributed by atoms with E-state index in [1.807, 2.05) is 34.6 Å². The number of methoxy groups -OCH3 is 2. The second-order valence-electron chi connectivity index (χ2n) is 17.7. The first-order valence-corrected chi connectivity index (χ1v) is 24.5. The Hall–Kier alpha value is -5.04. The molecule has 0 bridgehead atoms. The number of ether oxygens (including phenoxy) is 6. The number of carbonyl (C=O) groups excluding carboxylic acids is 6. The number of hydrogen-bond donors (Lipinski definition) is 6. The van der Waals surface area contributed by atoms with Crippen LogP contribution in [0.25, 0.3) is 0 Å². The van der Waals surface area contributed by atoms with Crippen LogP contribution in [0, 0.1) is 17.8 Å². The van der Waals surface area contributed by atoms with E-state index in [1.165, 1.54) is 24.0 Å². The first-order valence-electron chi connectivity index (χ1n) is 24.1. The molecule has 402 valence electrons. The van der Waals surface area contributed by atoms with Crippen molar-refractivity contribution in [1.29, 1.82) is 0 Å². The van der Waals surface area contributed by atoms with E-state index in [0.29, 0.717) is 30.1 Å². The summed E-state index contributed by atoms with van der Waals surface area (Å²) < 4.78 is 33.4. The van der Waals surface area contributed by atoms with Gasteiger partial charge < -0.3 is 69.5 Å². The molecule has 1 aliphatic rings. The second kappa shape index (κ2) is 33.6. The van der Waals surface area contributed by atoms with Crippen LogP contribution >= 0.6 is 12.2 Å². The number of aliphatic carboxylic acids is 1. The van der Waals surface area contributed by atoms with Crippen molar-refractivity contribution in [1.82, 2.24) is 36.0 Å². The molecule has 1 aromatic carbocycles. The highest BCUT2D eigenvalue weighted by molar-refractivity contribution is 7.80. The van der Waals surface area contributed by atoms with E-state index in [2.05, 4.69) is 26.6 Å². The van der Waals surface area contributed by atoms with Gasteiger partial charge in [0.05, 0.1) is 88.2 Å². The topological polar surface area (TPSA) is 265 Å². The Kier molecular flexibility index (Phi) is 29.4. The van der Waals surface area contributed by atoms with Gasteiger partial charge in [0.2, 0.25) is 29.5 Å². The Balaban J connectivity index is 1.78. The highest BCUT2D eigenvalue weighted by Crippen LogP contribution is 2.29. The summed E-state index contributed by atoms with van der Waals surface area (Å²) in [5, 5.41) is 22.6. The first-order chi connectivity index (χ1) is 33.8.